The highest BCUT2D eigenvalue weighted by atomic mass is 79.9. The molecule has 2 heterocycles. The minimum atomic E-state index is -0.0980. The maximum atomic E-state index is 12.5. The molecule has 5 heteroatoms. The van der Waals surface area contributed by atoms with E-state index in [1.807, 2.05) is 18.2 Å². The molecule has 0 fully saturated rings. The molecule has 1 amide bonds. The van der Waals surface area contributed by atoms with Crippen LogP contribution in [-0.2, 0) is 6.42 Å². The van der Waals surface area contributed by atoms with Crippen LogP contribution in [-0.4, -0.2) is 17.4 Å². The molecule has 1 aliphatic rings. The Labute approximate surface area is 124 Å². The molecular formula is C14H10BrClN2O. The van der Waals surface area contributed by atoms with Gasteiger partial charge in [0, 0.05) is 22.9 Å². The lowest BCUT2D eigenvalue weighted by Crippen LogP contribution is -2.29. The molecule has 0 radical (unpaired) electrons. The normalized spacial score (nSPS) is 13.5. The van der Waals surface area contributed by atoms with E-state index in [1.165, 1.54) is 5.56 Å². The smallest absolute Gasteiger partial charge is 0.261 e. The van der Waals surface area contributed by atoms with Gasteiger partial charge in [-0.3, -0.25) is 4.79 Å². The van der Waals surface area contributed by atoms with Gasteiger partial charge in [-0.1, -0.05) is 27.5 Å². The summed E-state index contributed by atoms with van der Waals surface area (Å²) in [7, 11) is 0. The summed E-state index contributed by atoms with van der Waals surface area (Å²) in [6.45, 7) is 0.676. The molecule has 0 atom stereocenters. The number of hydrogen-bond donors (Lipinski definition) is 0. The highest BCUT2D eigenvalue weighted by Gasteiger charge is 2.26. The first-order valence-electron chi connectivity index (χ1n) is 5.87. The molecule has 19 heavy (non-hydrogen) atoms. The van der Waals surface area contributed by atoms with Crippen LogP contribution in [0.3, 0.4) is 0 Å². The maximum absolute atomic E-state index is 12.5. The van der Waals surface area contributed by atoms with E-state index in [0.29, 0.717) is 12.1 Å². The summed E-state index contributed by atoms with van der Waals surface area (Å²) in [6.07, 6.45) is 2.44. The zero-order chi connectivity index (χ0) is 13.4. The van der Waals surface area contributed by atoms with Crippen LogP contribution in [0.5, 0.6) is 0 Å². The van der Waals surface area contributed by atoms with Crippen LogP contribution in [0.1, 0.15) is 15.9 Å². The van der Waals surface area contributed by atoms with Crippen LogP contribution in [0.15, 0.2) is 41.0 Å². The average Bonchev–Trinajstić information content (AvgIpc) is 2.81. The molecule has 1 aliphatic heterocycles. The lowest BCUT2D eigenvalue weighted by molar-refractivity contribution is 0.0989. The van der Waals surface area contributed by atoms with Crippen molar-refractivity contribution in [2.75, 3.05) is 11.4 Å². The van der Waals surface area contributed by atoms with E-state index < -0.39 is 0 Å². The van der Waals surface area contributed by atoms with Gasteiger partial charge >= 0.3 is 0 Å². The Morgan fingerprint density at radius 3 is 3.00 bits per heavy atom. The summed E-state index contributed by atoms with van der Waals surface area (Å²) in [6, 6.07) is 9.36. The summed E-state index contributed by atoms with van der Waals surface area (Å²) in [5, 5.41) is 0.248. The minimum Gasteiger partial charge on any atom is -0.308 e. The Kier molecular flexibility index (Phi) is 3.29. The standard InChI is InChI=1S/C14H10BrClN2O/c15-10-3-4-12-9(8-10)5-7-18(12)14(19)11-2-1-6-17-13(11)16/h1-4,6,8H,5,7H2. The van der Waals surface area contributed by atoms with Crippen molar-refractivity contribution in [3.8, 4) is 0 Å². The van der Waals surface area contributed by atoms with Gasteiger partial charge in [0.15, 0.2) is 0 Å². The summed E-state index contributed by atoms with van der Waals surface area (Å²) in [4.78, 5) is 18.2. The van der Waals surface area contributed by atoms with Crippen LogP contribution in [0.2, 0.25) is 5.15 Å². The van der Waals surface area contributed by atoms with E-state index in [1.54, 1.807) is 23.2 Å². The summed E-state index contributed by atoms with van der Waals surface area (Å²) < 4.78 is 1.03. The molecule has 2 aromatic rings. The number of carbonyl (C=O) groups excluding carboxylic acids is 1. The SMILES string of the molecule is O=C(c1cccnc1Cl)N1CCc2cc(Br)ccc21. The van der Waals surface area contributed by atoms with Crippen molar-refractivity contribution >= 4 is 39.1 Å². The summed E-state index contributed by atoms with van der Waals surface area (Å²) in [5.74, 6) is -0.0980. The van der Waals surface area contributed by atoms with E-state index in [4.69, 9.17) is 11.6 Å². The van der Waals surface area contributed by atoms with Crippen molar-refractivity contribution in [3.63, 3.8) is 0 Å². The van der Waals surface area contributed by atoms with E-state index >= 15 is 0 Å². The second-order valence-corrected chi connectivity index (χ2v) is 5.60. The van der Waals surface area contributed by atoms with Crippen LogP contribution in [0, 0.1) is 0 Å². The van der Waals surface area contributed by atoms with Gasteiger partial charge < -0.3 is 4.90 Å². The lowest BCUT2D eigenvalue weighted by Gasteiger charge is -2.17. The Hall–Kier alpha value is -1.39. The van der Waals surface area contributed by atoms with Gasteiger partial charge in [-0.15, -0.1) is 0 Å². The molecular weight excluding hydrogens is 328 g/mol. The molecule has 0 N–H and O–H groups in total. The average molecular weight is 338 g/mol. The molecule has 0 spiro atoms. The first-order valence-corrected chi connectivity index (χ1v) is 7.05. The van der Waals surface area contributed by atoms with Crippen LogP contribution in [0.25, 0.3) is 0 Å². The van der Waals surface area contributed by atoms with Gasteiger partial charge in [0.25, 0.3) is 5.91 Å². The maximum Gasteiger partial charge on any atom is 0.261 e. The number of benzene rings is 1. The molecule has 3 rings (SSSR count). The number of rotatable bonds is 1. The third-order valence-corrected chi connectivity index (χ3v) is 3.97. The molecule has 0 unspecified atom stereocenters. The second kappa shape index (κ2) is 4.94. The fourth-order valence-electron chi connectivity index (χ4n) is 2.27. The van der Waals surface area contributed by atoms with Gasteiger partial charge in [0.05, 0.1) is 5.56 Å². The van der Waals surface area contributed by atoms with Crippen molar-refractivity contribution in [1.29, 1.82) is 0 Å². The van der Waals surface area contributed by atoms with Crippen LogP contribution >= 0.6 is 27.5 Å². The number of halogens is 2. The third kappa shape index (κ3) is 2.26. The number of fused-ring (bicyclic) bond motifs is 1. The van der Waals surface area contributed by atoms with Crippen molar-refractivity contribution in [3.05, 3.63) is 57.3 Å². The summed E-state index contributed by atoms with van der Waals surface area (Å²) in [5.41, 5.74) is 2.57. The number of hydrogen-bond acceptors (Lipinski definition) is 2. The van der Waals surface area contributed by atoms with E-state index in [2.05, 4.69) is 20.9 Å². The number of amides is 1. The monoisotopic (exact) mass is 336 g/mol. The first kappa shape index (κ1) is 12.6. The highest BCUT2D eigenvalue weighted by Crippen LogP contribution is 2.32. The molecule has 3 nitrogen and oxygen atoms in total. The van der Waals surface area contributed by atoms with E-state index in [0.717, 1.165) is 16.6 Å². The highest BCUT2D eigenvalue weighted by molar-refractivity contribution is 9.10. The zero-order valence-corrected chi connectivity index (χ0v) is 12.3. The predicted octanol–water partition coefficient (Wildman–Crippen LogP) is 3.70. The van der Waals surface area contributed by atoms with Gasteiger partial charge in [0.2, 0.25) is 0 Å². The van der Waals surface area contributed by atoms with Gasteiger partial charge in [-0.25, -0.2) is 4.98 Å². The molecule has 1 aromatic heterocycles. The second-order valence-electron chi connectivity index (χ2n) is 4.32. The topological polar surface area (TPSA) is 33.2 Å². The van der Waals surface area contributed by atoms with Crippen molar-refractivity contribution in [2.45, 2.75) is 6.42 Å². The Morgan fingerprint density at radius 2 is 2.21 bits per heavy atom. The van der Waals surface area contributed by atoms with Gasteiger partial charge in [-0.2, -0.15) is 0 Å². The zero-order valence-electron chi connectivity index (χ0n) is 9.94. The Balaban J connectivity index is 1.98. The Morgan fingerprint density at radius 1 is 1.37 bits per heavy atom. The number of anilines is 1. The van der Waals surface area contributed by atoms with Crippen molar-refractivity contribution < 1.29 is 4.79 Å². The predicted molar refractivity (Wildman–Crippen MR) is 78.8 cm³/mol. The van der Waals surface area contributed by atoms with E-state index in [9.17, 15) is 4.79 Å². The number of carbonyl (C=O) groups is 1. The molecule has 0 saturated carbocycles. The van der Waals surface area contributed by atoms with Crippen molar-refractivity contribution in [1.82, 2.24) is 4.98 Å². The fourth-order valence-corrected chi connectivity index (χ4v) is 2.88. The molecule has 1 aromatic carbocycles. The lowest BCUT2D eigenvalue weighted by atomic mass is 10.2. The van der Waals surface area contributed by atoms with Gasteiger partial charge in [0.1, 0.15) is 5.15 Å². The number of aromatic nitrogens is 1. The summed E-state index contributed by atoms with van der Waals surface area (Å²) >= 11 is 9.43. The molecule has 96 valence electrons. The van der Waals surface area contributed by atoms with Gasteiger partial charge in [-0.05, 0) is 42.3 Å². The molecule has 0 aliphatic carbocycles. The number of nitrogens with zero attached hydrogens (tertiary/aromatic N) is 2. The quantitative estimate of drug-likeness (QED) is 0.743. The fraction of sp³-hybridized carbons (Fsp3) is 0.143. The Bertz CT molecular complexity index is 660. The molecule has 0 saturated heterocycles. The number of pyridine rings is 1. The minimum absolute atomic E-state index is 0.0980. The first-order chi connectivity index (χ1) is 9.16. The van der Waals surface area contributed by atoms with Crippen molar-refractivity contribution in [2.24, 2.45) is 0 Å². The largest absolute Gasteiger partial charge is 0.308 e. The van der Waals surface area contributed by atoms with E-state index in [-0.39, 0.29) is 11.1 Å². The van der Waals surface area contributed by atoms with Crippen LogP contribution < -0.4 is 4.90 Å². The van der Waals surface area contributed by atoms with Crippen LogP contribution in [0.4, 0.5) is 5.69 Å². The third-order valence-electron chi connectivity index (χ3n) is 3.17. The molecule has 0 bridgehead atoms.